The van der Waals surface area contributed by atoms with Gasteiger partial charge in [-0.3, -0.25) is 24.3 Å². The number of aromatic hydroxyl groups is 3. The Bertz CT molecular complexity index is 5510. The third-order valence-electron chi connectivity index (χ3n) is 20.9. The summed E-state index contributed by atoms with van der Waals surface area (Å²) in [5.74, 6) is 1.73. The summed E-state index contributed by atoms with van der Waals surface area (Å²) in [7, 11) is 17.9. The molecule has 0 aliphatic heterocycles. The van der Waals surface area contributed by atoms with Gasteiger partial charge in [-0.15, -0.1) is 0 Å². The molecule has 10 aromatic rings. The number of azide groups is 1. The highest BCUT2D eigenvalue weighted by Gasteiger charge is 2.38. The van der Waals surface area contributed by atoms with Gasteiger partial charge in [0.05, 0.1) is 75.4 Å². The second kappa shape index (κ2) is 37.8. The van der Waals surface area contributed by atoms with E-state index in [2.05, 4.69) is 27.3 Å². The summed E-state index contributed by atoms with van der Waals surface area (Å²) >= 11 is 0. The summed E-state index contributed by atoms with van der Waals surface area (Å²) < 4.78 is 59.8. The number of phenols is 3. The zero-order valence-corrected chi connectivity index (χ0v) is 67.4. The van der Waals surface area contributed by atoms with Gasteiger partial charge in [-0.05, 0) is 279 Å². The first-order chi connectivity index (χ1) is 56.0. The van der Waals surface area contributed by atoms with Crippen LogP contribution < -0.4 is 43.2 Å². The second-order valence-corrected chi connectivity index (χ2v) is 28.1. The van der Waals surface area contributed by atoms with E-state index in [1.807, 2.05) is 190 Å². The highest BCUT2D eigenvalue weighted by molar-refractivity contribution is 6.14. The molecule has 3 atom stereocenters. The normalized spacial score (nSPS) is 14.3. The van der Waals surface area contributed by atoms with Gasteiger partial charge < -0.3 is 63.1 Å². The fourth-order valence-electron chi connectivity index (χ4n) is 15.1. The Labute approximate surface area is 674 Å². The summed E-state index contributed by atoms with van der Waals surface area (Å²) in [6, 6.07) is 52.1. The Balaban J connectivity index is 0.000000172. The van der Waals surface area contributed by atoms with Gasteiger partial charge in [-0.25, -0.2) is 4.39 Å². The molecule has 22 heteroatoms. The summed E-state index contributed by atoms with van der Waals surface area (Å²) in [5.41, 5.74) is 28.4. The number of rotatable bonds is 28. The van der Waals surface area contributed by atoms with E-state index < -0.39 is 18.0 Å². The smallest absolute Gasteiger partial charge is 0.227 e. The molecule has 0 saturated heterocycles. The third-order valence-corrected chi connectivity index (χ3v) is 20.9. The maximum Gasteiger partial charge on any atom is 0.227 e. The monoisotopic (exact) mass is 1560 g/mol. The Hall–Kier alpha value is -13.6. The number of aryl methyl sites for hydroxylation is 2. The van der Waals surface area contributed by atoms with Gasteiger partial charge in [0.1, 0.15) is 23.4 Å². The summed E-state index contributed by atoms with van der Waals surface area (Å²) in [4.78, 5) is 50.3. The number of ketones is 2. The molecule has 0 bridgehead atoms. The SMILES string of the molecule is COc1cc(/C=C2/C(C)=C(C(CCc3cccnc3)C(=O)NCc3cccn3C)c3cc(F)ccc32)cc(OC)c1O.COc1ccc2c(c1)C(C(C(=O)Cc1ccccc1)N(C)C)=C(C)/C2=C/c1cc(OC)c(O)c(OC)c1.COc1ccc2c(c1)C(C(N=[N+]=[N-])C(=O)Cc1ccccc1)=C(C)/C2=C/c1cc(OC)c(O)c(OC)c1. The quantitative estimate of drug-likeness (QED) is 0.0202. The molecule has 1 amide bonds. The van der Waals surface area contributed by atoms with Crippen molar-refractivity contribution in [1.29, 1.82) is 0 Å². The first-order valence-corrected chi connectivity index (χ1v) is 37.4. The Morgan fingerprint density at radius 1 is 0.517 bits per heavy atom. The molecule has 116 heavy (non-hydrogen) atoms. The number of nitrogens with one attached hydrogen (secondary N) is 1. The van der Waals surface area contributed by atoms with Gasteiger partial charge in [-0.1, -0.05) is 90.0 Å². The van der Waals surface area contributed by atoms with E-state index in [4.69, 9.17) is 37.9 Å². The topological polar surface area (TPSA) is 268 Å². The molecule has 596 valence electrons. The number of ether oxygens (including phenoxy) is 8. The van der Waals surface area contributed by atoms with Gasteiger partial charge in [-0.2, -0.15) is 0 Å². The van der Waals surface area contributed by atoms with Crippen molar-refractivity contribution in [2.24, 2.45) is 18.1 Å². The molecule has 13 rings (SSSR count). The van der Waals surface area contributed by atoms with Crippen LogP contribution in [0.4, 0.5) is 4.39 Å². The number of aromatic nitrogens is 2. The number of benzene rings is 8. The van der Waals surface area contributed by atoms with Crippen molar-refractivity contribution in [2.45, 2.75) is 65.1 Å². The predicted molar refractivity (Wildman–Crippen MR) is 451 cm³/mol. The molecule has 0 radical (unpaired) electrons. The van der Waals surface area contributed by atoms with Crippen molar-refractivity contribution < 1.29 is 72.0 Å². The van der Waals surface area contributed by atoms with Crippen LogP contribution >= 0.6 is 0 Å². The van der Waals surface area contributed by atoms with Crippen molar-refractivity contribution in [3.05, 3.63) is 300 Å². The fraction of sp³-hybridized carbons (Fsp3) is 0.234. The predicted octanol–water partition coefficient (Wildman–Crippen LogP) is 17.9. The molecule has 3 aliphatic carbocycles. The zero-order chi connectivity index (χ0) is 83.0. The highest BCUT2D eigenvalue weighted by Crippen LogP contribution is 2.52. The van der Waals surface area contributed by atoms with Crippen LogP contribution in [0.5, 0.6) is 63.2 Å². The highest BCUT2D eigenvalue weighted by atomic mass is 19.1. The Kier molecular flexibility index (Phi) is 27.2. The second-order valence-electron chi connectivity index (χ2n) is 28.1. The van der Waals surface area contributed by atoms with Crippen LogP contribution in [0.15, 0.2) is 216 Å². The summed E-state index contributed by atoms with van der Waals surface area (Å²) in [6.07, 6.45) is 13.0. The van der Waals surface area contributed by atoms with E-state index in [-0.39, 0.29) is 70.0 Å². The Morgan fingerprint density at radius 3 is 1.35 bits per heavy atom. The van der Waals surface area contributed by atoms with Crippen molar-refractivity contribution >= 4 is 69.1 Å². The van der Waals surface area contributed by atoms with E-state index >= 15 is 0 Å². The number of hydrogen-bond acceptors (Lipinski definition) is 17. The number of halogens is 1. The minimum Gasteiger partial charge on any atom is -0.502 e. The number of carbonyl (C=O) groups excluding carboxylic acids is 3. The molecular weight excluding hydrogens is 1470 g/mol. The van der Waals surface area contributed by atoms with Crippen LogP contribution in [0.1, 0.15) is 99.6 Å². The molecule has 4 N–H and O–H groups in total. The average molecular weight is 1560 g/mol. The van der Waals surface area contributed by atoms with Gasteiger partial charge in [0.2, 0.25) is 23.2 Å². The van der Waals surface area contributed by atoms with Crippen molar-refractivity contribution in [3.8, 4) is 63.2 Å². The molecule has 0 saturated carbocycles. The lowest BCUT2D eigenvalue weighted by atomic mass is 9.86. The van der Waals surface area contributed by atoms with E-state index in [0.717, 1.165) is 117 Å². The standard InChI is InChI=1S/C34H34FN3O4.C31H33NO5.C29H27N3O5/c1-21-28(15-23-16-30(41-3)33(39)31(17-23)42-4)26-12-10-24(35)18-29(26)32(21)27(11-9-22-7-5-13-36-19-22)34(40)37-20-25-8-6-14-38(25)2;1-19-24(14-21-16-27(36-5)31(34)28(17-21)37-6)23-13-12-22(35-4)18-25(23)29(19)30(32(2)3)26(33)15-20-10-8-7-9-11-20;1-17-22(12-19-14-25(36-3)29(34)26(15-19)37-4)21-11-10-20(35-2)16-23(21)27(17)28(31-32-30)24(33)13-18-8-6-5-7-9-18/h5-8,10,12-19,27,39H,9,11,20H2,1-4H3,(H,37,40);7-14,16-18,30,34H,15H2,1-6H3;5-12,14-16,28,34H,13H2,1-4H3/b28-15-;24-14-;22-12-. The van der Waals surface area contributed by atoms with Crippen LogP contribution in [0, 0.1) is 11.7 Å². The van der Waals surface area contributed by atoms with Crippen molar-refractivity contribution in [3.63, 3.8) is 0 Å². The average Bonchev–Trinajstić information content (AvgIpc) is 1.61. The number of nitrogens with zero attached hydrogens (tertiary/aromatic N) is 6. The van der Waals surface area contributed by atoms with Gasteiger partial charge in [0, 0.05) is 49.1 Å². The lowest BCUT2D eigenvalue weighted by Crippen LogP contribution is -2.38. The first-order valence-electron chi connectivity index (χ1n) is 37.4. The lowest BCUT2D eigenvalue weighted by molar-refractivity contribution is -0.123. The number of methoxy groups -OCH3 is 8. The summed E-state index contributed by atoms with van der Waals surface area (Å²) in [5, 5.41) is 38.2. The van der Waals surface area contributed by atoms with Crippen LogP contribution in [0.3, 0.4) is 0 Å². The third kappa shape index (κ3) is 18.4. The maximum atomic E-state index is 14.7. The van der Waals surface area contributed by atoms with E-state index in [1.54, 1.807) is 69.1 Å². The molecular formula is C94H94FN7O14. The van der Waals surface area contributed by atoms with Gasteiger partial charge in [0.15, 0.2) is 46.1 Å². The summed E-state index contributed by atoms with van der Waals surface area (Å²) in [6.45, 7) is 6.30. The van der Waals surface area contributed by atoms with Crippen LogP contribution in [0.2, 0.25) is 0 Å². The molecule has 21 nitrogen and oxygen atoms in total. The largest absolute Gasteiger partial charge is 0.502 e. The molecule has 2 heterocycles. The van der Waals surface area contributed by atoms with E-state index in [1.165, 1.54) is 54.8 Å². The number of fused-ring (bicyclic) bond motifs is 3. The van der Waals surface area contributed by atoms with Gasteiger partial charge in [0.25, 0.3) is 0 Å². The van der Waals surface area contributed by atoms with Crippen LogP contribution in [0.25, 0.3) is 62.1 Å². The Morgan fingerprint density at radius 2 is 0.940 bits per heavy atom. The number of allylic oxidation sites excluding steroid dienone is 6. The first kappa shape index (κ1) is 83.4. The molecule has 0 spiro atoms. The molecule has 3 unspecified atom stereocenters. The fourth-order valence-corrected chi connectivity index (χ4v) is 15.1. The van der Waals surface area contributed by atoms with Crippen LogP contribution in [-0.4, -0.2) is 130 Å². The minimum absolute atomic E-state index is 0.0455. The van der Waals surface area contributed by atoms with Crippen molar-refractivity contribution in [1.82, 2.24) is 19.8 Å². The van der Waals surface area contributed by atoms with Gasteiger partial charge >= 0.3 is 0 Å². The molecule has 0 fully saturated rings. The van der Waals surface area contributed by atoms with Crippen molar-refractivity contribution in [2.75, 3.05) is 71.0 Å². The molecule has 2 aromatic heterocycles. The maximum absolute atomic E-state index is 14.7. The molecule has 8 aromatic carbocycles. The number of pyridine rings is 1. The lowest BCUT2D eigenvalue weighted by Gasteiger charge is -2.26. The minimum atomic E-state index is -1.02. The number of likely N-dealkylation sites (N-methyl/N-ethyl adjacent to an activating group) is 1. The number of amides is 1. The van der Waals surface area contributed by atoms with E-state index in [9.17, 15) is 39.6 Å². The number of carbonyl (C=O) groups is 3. The number of phenolic OH excluding ortho intramolecular Hbond substituents is 3. The van der Waals surface area contributed by atoms with Crippen LogP contribution in [-0.2, 0) is 47.2 Å². The number of hydrogen-bond donors (Lipinski definition) is 4. The molecule has 3 aliphatic rings. The van der Waals surface area contributed by atoms with E-state index in [0.29, 0.717) is 54.2 Å². The zero-order valence-electron chi connectivity index (χ0n) is 67.4. The number of Topliss-reactive ketones (excluding diaryl/α,β-unsaturated/α-hetero) is 2.